The van der Waals surface area contributed by atoms with Gasteiger partial charge >= 0.3 is 327 Å². The molecule has 4 aliphatic rings. The van der Waals surface area contributed by atoms with Gasteiger partial charge < -0.3 is 24.8 Å². The Bertz CT molecular complexity index is 2080. The Kier molecular flexibility index (Phi) is 11.3. The molecule has 7 rings (SSSR count). The van der Waals surface area contributed by atoms with E-state index in [1.165, 1.54) is 61.2 Å². The van der Waals surface area contributed by atoms with Gasteiger partial charge in [0, 0.05) is 0 Å². The van der Waals surface area contributed by atoms with Crippen molar-refractivity contribution < 1.29 is 46.1 Å². The Hall–Kier alpha value is -2.05. The van der Waals surface area contributed by atoms with Gasteiger partial charge in [-0.15, -0.1) is 0 Å². The van der Waals surface area contributed by atoms with Crippen LogP contribution in [0.2, 0.25) is 0 Å². The molecule has 0 saturated carbocycles. The first-order valence-electron chi connectivity index (χ1n) is 20.0. The molecule has 0 nitrogen and oxygen atoms in total. The summed E-state index contributed by atoms with van der Waals surface area (Å²) in [6.07, 6.45) is 11.7. The van der Waals surface area contributed by atoms with E-state index in [1.54, 1.807) is 17.6 Å². The van der Waals surface area contributed by atoms with Gasteiger partial charge in [0.1, 0.15) is 0 Å². The van der Waals surface area contributed by atoms with Crippen molar-refractivity contribution in [1.82, 2.24) is 0 Å². The maximum atomic E-state index is 2.72. The van der Waals surface area contributed by atoms with E-state index in [4.69, 9.17) is 0 Å². The van der Waals surface area contributed by atoms with Crippen LogP contribution in [-0.4, -0.2) is 3.21 Å². The molecule has 0 radical (unpaired) electrons. The minimum absolute atomic E-state index is 0. The second kappa shape index (κ2) is 14.1. The molecule has 0 bridgehead atoms. The average molecular weight is 839 g/mol. The van der Waals surface area contributed by atoms with Crippen molar-refractivity contribution in [3.8, 4) is 11.1 Å². The molecule has 0 spiro atoms. The average Bonchev–Trinajstić information content (AvgIpc) is 3.75. The van der Waals surface area contributed by atoms with Crippen LogP contribution < -0.4 is 24.8 Å². The molecule has 0 aromatic heterocycles. The van der Waals surface area contributed by atoms with Crippen molar-refractivity contribution in [2.24, 2.45) is 22.2 Å². The van der Waals surface area contributed by atoms with Gasteiger partial charge in [-0.1, -0.05) is 0 Å². The summed E-state index contributed by atoms with van der Waals surface area (Å²) in [7, 11) is 0. The fraction of sp³-hybridized carbons (Fsp3) is 0.471. The van der Waals surface area contributed by atoms with Gasteiger partial charge in [-0.05, 0) is 0 Å². The van der Waals surface area contributed by atoms with E-state index < -0.39 is 21.3 Å². The topological polar surface area (TPSA) is 0 Å². The fourth-order valence-electron chi connectivity index (χ4n) is 9.71. The monoisotopic (exact) mass is 836 g/mol. The summed E-state index contributed by atoms with van der Waals surface area (Å²) in [5.74, 6) is 0.511. The van der Waals surface area contributed by atoms with Gasteiger partial charge in [-0.3, -0.25) is 0 Å². The van der Waals surface area contributed by atoms with Gasteiger partial charge in [-0.2, -0.15) is 0 Å². The van der Waals surface area contributed by atoms with E-state index in [9.17, 15) is 0 Å². The standard InChI is InChI=1S/C31H37.C11H17.C9H10.2ClH.Zr/c1-28(2,3)26-16-30(7,8)24-12-18-11-19-13-25-23(15-21(19)20(18)14-22(24)26)27(29(4,5)6)17-31(25,9)10;1-5-9-6-7-10(8-9)11(2,3)4;1-3-9-6-4-8(2)5-7-9;;;/h11-17H,1-10H3;7-9H,5H2,1-4H3;4-7H,1-2H3;2*1H;/q;;;;;+2/p-2. The van der Waals surface area contributed by atoms with Crippen LogP contribution in [0.3, 0.4) is 0 Å². The van der Waals surface area contributed by atoms with Crippen molar-refractivity contribution >= 4 is 14.4 Å². The minimum Gasteiger partial charge on any atom is -1.00 e. The van der Waals surface area contributed by atoms with E-state index in [1.807, 2.05) is 0 Å². The molecule has 3 aromatic rings. The first-order valence-corrected chi connectivity index (χ1v) is 23.9. The third kappa shape index (κ3) is 7.09. The molecular formula is C51H64Cl2Zr. The number of rotatable bonds is 4. The van der Waals surface area contributed by atoms with Crippen molar-refractivity contribution in [1.29, 1.82) is 0 Å². The molecule has 0 saturated heterocycles. The van der Waals surface area contributed by atoms with Gasteiger partial charge in [0.15, 0.2) is 0 Å². The molecule has 4 aliphatic carbocycles. The van der Waals surface area contributed by atoms with E-state index in [0.29, 0.717) is 9.54 Å². The Balaban J connectivity index is 0.00000280. The second-order valence-corrected chi connectivity index (χ2v) is 27.6. The van der Waals surface area contributed by atoms with E-state index in [2.05, 4.69) is 184 Å². The van der Waals surface area contributed by atoms with Crippen LogP contribution in [0.1, 0.15) is 158 Å². The van der Waals surface area contributed by atoms with Gasteiger partial charge in [0.2, 0.25) is 0 Å². The molecule has 1 unspecified atom stereocenters. The number of fused-ring (bicyclic) bond motifs is 5. The minimum atomic E-state index is -2.76. The number of halogens is 2. The molecule has 3 aromatic carbocycles. The first-order chi connectivity index (χ1) is 23.9. The van der Waals surface area contributed by atoms with Crippen LogP contribution in [0.15, 0.2) is 81.7 Å². The summed E-state index contributed by atoms with van der Waals surface area (Å²) in [5, 5.41) is 0. The summed E-state index contributed by atoms with van der Waals surface area (Å²) < 4.78 is 3.89. The zero-order valence-electron chi connectivity index (χ0n) is 36.0. The Labute approximate surface area is 349 Å². The van der Waals surface area contributed by atoms with Crippen molar-refractivity contribution in [3.63, 3.8) is 0 Å². The molecule has 286 valence electrons. The summed E-state index contributed by atoms with van der Waals surface area (Å²) >= 11 is -2.76. The quantitative estimate of drug-likeness (QED) is 0.249. The normalized spacial score (nSPS) is 19.7. The largest absolute Gasteiger partial charge is 1.00 e. The number of aryl methyl sites for hydroxylation is 1. The second-order valence-electron chi connectivity index (χ2n) is 20.9. The van der Waals surface area contributed by atoms with Crippen LogP contribution in [0.4, 0.5) is 0 Å². The van der Waals surface area contributed by atoms with Gasteiger partial charge in [-0.25, -0.2) is 0 Å². The van der Waals surface area contributed by atoms with Crippen LogP contribution in [0, 0.1) is 29.1 Å². The van der Waals surface area contributed by atoms with E-state index in [0.717, 1.165) is 6.42 Å². The maximum Gasteiger partial charge on any atom is -1.00 e. The molecule has 0 fully saturated rings. The number of allylic oxidation sites excluding steroid dienone is 8. The number of benzene rings is 3. The molecule has 0 heterocycles. The summed E-state index contributed by atoms with van der Waals surface area (Å²) in [5.41, 5.74) is 19.8. The smallest absolute Gasteiger partial charge is 1.00 e. The number of hydrogen-bond donors (Lipinski definition) is 0. The Morgan fingerprint density at radius 1 is 0.648 bits per heavy atom. The van der Waals surface area contributed by atoms with Crippen LogP contribution in [-0.2, 0) is 32.1 Å². The van der Waals surface area contributed by atoms with Crippen LogP contribution in [0.5, 0.6) is 0 Å². The predicted molar refractivity (Wildman–Crippen MR) is 225 cm³/mol. The first kappa shape index (κ1) is 43.1. The fourth-order valence-corrected chi connectivity index (χ4v) is 19.0. The molecule has 1 atom stereocenters. The third-order valence-electron chi connectivity index (χ3n) is 12.8. The summed E-state index contributed by atoms with van der Waals surface area (Å²) in [6, 6.07) is 20.3. The summed E-state index contributed by atoms with van der Waals surface area (Å²) in [6.45, 7) is 38.5. The molecule has 3 heteroatoms. The van der Waals surface area contributed by atoms with Crippen molar-refractivity contribution in [2.45, 2.75) is 132 Å². The third-order valence-corrected chi connectivity index (χ3v) is 21.2. The molecule has 0 aliphatic heterocycles. The molecule has 0 amide bonds. The van der Waals surface area contributed by atoms with Crippen molar-refractivity contribution in [2.75, 3.05) is 0 Å². The van der Waals surface area contributed by atoms with Gasteiger partial charge in [0.25, 0.3) is 0 Å². The zero-order chi connectivity index (χ0) is 38.1. The SMILES string of the molecule is CCC1C=C(C(C)(C)C)C=[C]1/[Zr+2](=[C](/C)c1ccc(C)cc1)[CH]1c2cc3c(cc2-c2cc4c(cc21)C(C)(C)C=C4C(C)(C)C)C(C(C)(C)C)=CC3(C)C.[Cl-].[Cl-]. The zero-order valence-corrected chi connectivity index (χ0v) is 40.0. The van der Waals surface area contributed by atoms with E-state index in [-0.39, 0.29) is 51.9 Å². The predicted octanol–water partition coefficient (Wildman–Crippen LogP) is 8.27. The molecule has 54 heavy (non-hydrogen) atoms. The summed E-state index contributed by atoms with van der Waals surface area (Å²) in [4.78, 5) is 0. The van der Waals surface area contributed by atoms with Crippen molar-refractivity contribution in [3.05, 3.63) is 126 Å². The Morgan fingerprint density at radius 3 is 1.48 bits per heavy atom. The number of hydrogen-bond acceptors (Lipinski definition) is 0. The maximum absolute atomic E-state index is 2.76. The Morgan fingerprint density at radius 2 is 1.09 bits per heavy atom. The van der Waals surface area contributed by atoms with Crippen LogP contribution >= 0.6 is 0 Å². The molecular weight excluding hydrogens is 775 g/mol. The molecule has 0 N–H and O–H groups in total. The van der Waals surface area contributed by atoms with Gasteiger partial charge in [0.05, 0.1) is 0 Å². The van der Waals surface area contributed by atoms with E-state index >= 15 is 0 Å². The van der Waals surface area contributed by atoms with Crippen LogP contribution in [0.25, 0.3) is 22.3 Å².